The molecule has 1 amide bonds. The van der Waals surface area contributed by atoms with Gasteiger partial charge in [-0.3, -0.25) is 4.79 Å². The van der Waals surface area contributed by atoms with Crippen LogP contribution in [-0.2, 0) is 4.79 Å². The molecule has 1 aliphatic rings. The zero-order chi connectivity index (χ0) is 9.14. The van der Waals surface area contributed by atoms with E-state index < -0.39 is 0 Å². The smallest absolute Gasteiger partial charge is 0.217 e. The van der Waals surface area contributed by atoms with Crippen LogP contribution in [-0.4, -0.2) is 25.0 Å². The molecule has 1 rings (SSSR count). The highest BCUT2D eigenvalue weighted by molar-refractivity contribution is 5.73. The highest BCUT2D eigenvalue weighted by Crippen LogP contribution is 2.18. The molecule has 2 atom stereocenters. The average molecular weight is 170 g/mol. The molecule has 0 aromatic rings. The minimum atomic E-state index is 0.0781. The molecule has 0 aromatic heterocycles. The lowest BCUT2D eigenvalue weighted by Crippen LogP contribution is -2.40. The van der Waals surface area contributed by atoms with Gasteiger partial charge in [0.05, 0.1) is 0 Å². The van der Waals surface area contributed by atoms with E-state index in [1.807, 2.05) is 0 Å². The first-order valence-electron chi connectivity index (χ1n) is 4.59. The van der Waals surface area contributed by atoms with Crippen LogP contribution in [0.25, 0.3) is 0 Å². The minimum Gasteiger partial charge on any atom is -0.352 e. The van der Waals surface area contributed by atoms with Crippen LogP contribution in [0.15, 0.2) is 0 Å². The van der Waals surface area contributed by atoms with E-state index in [0.717, 1.165) is 13.1 Å². The Morgan fingerprint density at radius 2 is 2.17 bits per heavy atom. The van der Waals surface area contributed by atoms with Gasteiger partial charge in [-0.15, -0.1) is 0 Å². The lowest BCUT2D eigenvalue weighted by atomic mass is 9.91. The van der Waals surface area contributed by atoms with Gasteiger partial charge in [-0.2, -0.15) is 0 Å². The van der Waals surface area contributed by atoms with Crippen molar-refractivity contribution in [2.75, 3.05) is 13.1 Å². The Labute approximate surface area is 73.9 Å². The Kier molecular flexibility index (Phi) is 3.09. The first-order valence-corrected chi connectivity index (χ1v) is 4.59. The quantitative estimate of drug-likeness (QED) is 0.628. The lowest BCUT2D eigenvalue weighted by molar-refractivity contribution is -0.119. The van der Waals surface area contributed by atoms with E-state index in [9.17, 15) is 4.79 Å². The normalized spacial score (nSPS) is 29.3. The second-order valence-corrected chi connectivity index (χ2v) is 3.87. The molecule has 3 heteroatoms. The summed E-state index contributed by atoms with van der Waals surface area (Å²) in [5.41, 5.74) is 0. The topological polar surface area (TPSA) is 41.1 Å². The van der Waals surface area contributed by atoms with Gasteiger partial charge in [0.1, 0.15) is 0 Å². The van der Waals surface area contributed by atoms with Crippen molar-refractivity contribution in [3.8, 4) is 0 Å². The molecule has 0 aromatic carbocycles. The molecular weight excluding hydrogens is 152 g/mol. The lowest BCUT2D eigenvalue weighted by Gasteiger charge is -2.22. The molecule has 1 saturated heterocycles. The van der Waals surface area contributed by atoms with E-state index in [-0.39, 0.29) is 5.91 Å². The molecule has 1 fully saturated rings. The van der Waals surface area contributed by atoms with Gasteiger partial charge < -0.3 is 10.6 Å². The van der Waals surface area contributed by atoms with Crippen molar-refractivity contribution in [3.05, 3.63) is 0 Å². The maximum Gasteiger partial charge on any atom is 0.217 e. The Morgan fingerprint density at radius 1 is 1.50 bits per heavy atom. The largest absolute Gasteiger partial charge is 0.352 e. The Bertz CT molecular complexity index is 168. The molecule has 12 heavy (non-hydrogen) atoms. The van der Waals surface area contributed by atoms with Crippen LogP contribution in [0.4, 0.5) is 0 Å². The zero-order valence-corrected chi connectivity index (χ0v) is 8.05. The summed E-state index contributed by atoms with van der Waals surface area (Å²) < 4.78 is 0. The summed E-state index contributed by atoms with van der Waals surface area (Å²) in [6.45, 7) is 7.93. The van der Waals surface area contributed by atoms with E-state index >= 15 is 0 Å². The number of amides is 1. The van der Waals surface area contributed by atoms with Gasteiger partial charge in [0, 0.05) is 26.1 Å². The van der Waals surface area contributed by atoms with Gasteiger partial charge in [-0.25, -0.2) is 0 Å². The maximum absolute atomic E-state index is 10.8. The standard InChI is InChI=1S/C9H18N2O/c1-6(2)8-4-10-5-9(8)11-7(3)12/h6,8-10H,4-5H2,1-3H3,(H,11,12)/t8-,9-/m1/s1. The van der Waals surface area contributed by atoms with Crippen molar-refractivity contribution < 1.29 is 4.79 Å². The van der Waals surface area contributed by atoms with Crippen LogP contribution >= 0.6 is 0 Å². The molecule has 0 saturated carbocycles. The summed E-state index contributed by atoms with van der Waals surface area (Å²) in [5.74, 6) is 1.31. The highest BCUT2D eigenvalue weighted by Gasteiger charge is 2.29. The highest BCUT2D eigenvalue weighted by atomic mass is 16.1. The number of hydrogen-bond acceptors (Lipinski definition) is 2. The second kappa shape index (κ2) is 3.90. The van der Waals surface area contributed by atoms with Crippen molar-refractivity contribution in [1.82, 2.24) is 10.6 Å². The monoisotopic (exact) mass is 170 g/mol. The Balaban J connectivity index is 2.46. The van der Waals surface area contributed by atoms with Crippen molar-refractivity contribution in [2.45, 2.75) is 26.8 Å². The van der Waals surface area contributed by atoms with Gasteiger partial charge in [-0.05, 0) is 11.8 Å². The second-order valence-electron chi connectivity index (χ2n) is 3.87. The molecule has 0 spiro atoms. The van der Waals surface area contributed by atoms with Gasteiger partial charge in [0.2, 0.25) is 5.91 Å². The van der Waals surface area contributed by atoms with E-state index in [0.29, 0.717) is 17.9 Å². The minimum absolute atomic E-state index is 0.0781. The number of carbonyl (C=O) groups excluding carboxylic acids is 1. The number of hydrogen-bond donors (Lipinski definition) is 2. The predicted octanol–water partition coefficient (Wildman–Crippen LogP) is 0.366. The zero-order valence-electron chi connectivity index (χ0n) is 8.05. The van der Waals surface area contributed by atoms with Crippen LogP contribution in [0.1, 0.15) is 20.8 Å². The van der Waals surface area contributed by atoms with Crippen molar-refractivity contribution >= 4 is 5.91 Å². The van der Waals surface area contributed by atoms with Crippen molar-refractivity contribution in [2.24, 2.45) is 11.8 Å². The Morgan fingerprint density at radius 3 is 2.67 bits per heavy atom. The average Bonchev–Trinajstić information content (AvgIpc) is 2.33. The molecule has 70 valence electrons. The number of nitrogens with one attached hydrogen (secondary N) is 2. The molecule has 0 aliphatic carbocycles. The molecule has 0 radical (unpaired) electrons. The summed E-state index contributed by atoms with van der Waals surface area (Å²) in [6.07, 6.45) is 0. The van der Waals surface area contributed by atoms with Gasteiger partial charge in [-0.1, -0.05) is 13.8 Å². The summed E-state index contributed by atoms with van der Waals surface area (Å²) >= 11 is 0. The number of rotatable bonds is 2. The molecule has 1 heterocycles. The number of carbonyl (C=O) groups is 1. The fourth-order valence-electron chi connectivity index (χ4n) is 1.82. The molecule has 1 aliphatic heterocycles. The first kappa shape index (κ1) is 9.52. The predicted molar refractivity (Wildman–Crippen MR) is 48.8 cm³/mol. The Hall–Kier alpha value is -0.570. The van der Waals surface area contributed by atoms with Crippen LogP contribution in [0.2, 0.25) is 0 Å². The van der Waals surface area contributed by atoms with Gasteiger partial charge in [0.25, 0.3) is 0 Å². The van der Waals surface area contributed by atoms with Crippen molar-refractivity contribution in [3.63, 3.8) is 0 Å². The molecule has 0 bridgehead atoms. The summed E-state index contributed by atoms with van der Waals surface area (Å²) in [7, 11) is 0. The van der Waals surface area contributed by atoms with Crippen LogP contribution in [0.3, 0.4) is 0 Å². The third kappa shape index (κ3) is 2.21. The van der Waals surface area contributed by atoms with E-state index in [4.69, 9.17) is 0 Å². The molecule has 3 nitrogen and oxygen atoms in total. The summed E-state index contributed by atoms with van der Waals surface area (Å²) in [5, 5.41) is 6.27. The van der Waals surface area contributed by atoms with E-state index in [1.54, 1.807) is 6.92 Å². The third-order valence-electron chi connectivity index (χ3n) is 2.51. The molecular formula is C9H18N2O. The van der Waals surface area contributed by atoms with Crippen molar-refractivity contribution in [1.29, 1.82) is 0 Å². The maximum atomic E-state index is 10.8. The molecule has 0 unspecified atom stereocenters. The van der Waals surface area contributed by atoms with Crippen LogP contribution in [0.5, 0.6) is 0 Å². The van der Waals surface area contributed by atoms with Gasteiger partial charge in [0.15, 0.2) is 0 Å². The SMILES string of the molecule is CC(=O)N[C@@H]1CNC[C@@H]1C(C)C. The van der Waals surface area contributed by atoms with E-state index in [1.165, 1.54) is 0 Å². The van der Waals surface area contributed by atoms with E-state index in [2.05, 4.69) is 24.5 Å². The summed E-state index contributed by atoms with van der Waals surface area (Å²) in [4.78, 5) is 10.8. The van der Waals surface area contributed by atoms with Crippen LogP contribution < -0.4 is 10.6 Å². The fourth-order valence-corrected chi connectivity index (χ4v) is 1.82. The van der Waals surface area contributed by atoms with Gasteiger partial charge >= 0.3 is 0 Å². The third-order valence-corrected chi connectivity index (χ3v) is 2.51. The summed E-state index contributed by atoms with van der Waals surface area (Å²) in [6, 6.07) is 0.336. The fraction of sp³-hybridized carbons (Fsp3) is 0.889. The van der Waals surface area contributed by atoms with Crippen LogP contribution in [0, 0.1) is 11.8 Å². The molecule has 2 N–H and O–H groups in total. The first-order chi connectivity index (χ1) is 5.61.